The summed E-state index contributed by atoms with van der Waals surface area (Å²) in [6.45, 7) is 4.17. The molecule has 0 aromatic rings. The topological polar surface area (TPSA) is 111 Å². The average molecular weight is 838 g/mol. The number of carbonyl (C=O) groups excluding carboxylic acids is 2. The molecule has 0 heterocycles. The summed E-state index contributed by atoms with van der Waals surface area (Å²) in [6.07, 6.45) is 47.0. The van der Waals surface area contributed by atoms with Crippen LogP contribution in [0.1, 0.15) is 194 Å². The predicted molar refractivity (Wildman–Crippen MR) is 240 cm³/mol. The quantitative estimate of drug-likeness (QED) is 0.0196. The zero-order chi connectivity index (χ0) is 42.8. The van der Waals surface area contributed by atoms with Crippen molar-refractivity contribution in [3.63, 3.8) is 0 Å². The Balaban J connectivity index is 4.38. The number of hydrogen-bond acceptors (Lipinski definition) is 8. The number of quaternary nitrogens is 1. The lowest BCUT2D eigenvalue weighted by Crippen LogP contribution is -2.37. The first-order chi connectivity index (χ1) is 28.0. The van der Waals surface area contributed by atoms with E-state index >= 15 is 0 Å². The van der Waals surface area contributed by atoms with E-state index in [1.54, 1.807) is 0 Å². The number of esters is 2. The van der Waals surface area contributed by atoms with Crippen molar-refractivity contribution in [2.45, 2.75) is 200 Å². The SMILES string of the molecule is CCCCC/C=C\C/C=C\C/C=C\C/C=C\CCCCCC(=O)OCC(COP(=O)([O-])OCC[N+](C)(C)C)OC(=O)CCCCCCCCCCCCCCCCC. The van der Waals surface area contributed by atoms with Gasteiger partial charge in [-0.1, -0.05) is 172 Å². The van der Waals surface area contributed by atoms with Crippen molar-refractivity contribution in [3.8, 4) is 0 Å². The van der Waals surface area contributed by atoms with Gasteiger partial charge in [0.15, 0.2) is 6.10 Å². The first-order valence-corrected chi connectivity index (χ1v) is 24.8. The minimum Gasteiger partial charge on any atom is -0.756 e. The van der Waals surface area contributed by atoms with Gasteiger partial charge in [0.2, 0.25) is 0 Å². The molecule has 0 bridgehead atoms. The Morgan fingerprint density at radius 1 is 0.534 bits per heavy atom. The maximum atomic E-state index is 12.7. The van der Waals surface area contributed by atoms with Gasteiger partial charge in [0.05, 0.1) is 27.7 Å². The van der Waals surface area contributed by atoms with Gasteiger partial charge < -0.3 is 27.9 Å². The fraction of sp³-hybridized carbons (Fsp3) is 0.792. The van der Waals surface area contributed by atoms with Crippen LogP contribution in [-0.4, -0.2) is 70.0 Å². The van der Waals surface area contributed by atoms with Crippen LogP contribution in [0.3, 0.4) is 0 Å². The van der Waals surface area contributed by atoms with Gasteiger partial charge in [0.25, 0.3) is 7.82 Å². The lowest BCUT2D eigenvalue weighted by molar-refractivity contribution is -0.870. The van der Waals surface area contributed by atoms with Crippen LogP contribution < -0.4 is 4.89 Å². The fourth-order valence-corrected chi connectivity index (χ4v) is 6.90. The Morgan fingerprint density at radius 3 is 1.41 bits per heavy atom. The highest BCUT2D eigenvalue weighted by atomic mass is 31.2. The van der Waals surface area contributed by atoms with E-state index in [1.807, 2.05) is 21.1 Å². The molecule has 0 aliphatic carbocycles. The highest BCUT2D eigenvalue weighted by Crippen LogP contribution is 2.38. The molecule has 10 heteroatoms. The summed E-state index contributed by atoms with van der Waals surface area (Å²) >= 11 is 0. The van der Waals surface area contributed by atoms with Crippen molar-refractivity contribution in [1.29, 1.82) is 0 Å². The van der Waals surface area contributed by atoms with Crippen molar-refractivity contribution in [1.82, 2.24) is 0 Å². The Hall–Kier alpha value is -2.03. The van der Waals surface area contributed by atoms with Gasteiger partial charge in [0.1, 0.15) is 19.8 Å². The molecule has 0 aliphatic rings. The summed E-state index contributed by atoms with van der Waals surface area (Å²) in [5.74, 6) is -0.867. The number of carbonyl (C=O) groups is 2. The third-order valence-corrected chi connectivity index (χ3v) is 10.8. The summed E-state index contributed by atoms with van der Waals surface area (Å²) < 4.78 is 33.9. The number of phosphoric acid groups is 1. The number of likely N-dealkylation sites (N-methyl/N-ethyl adjacent to an activating group) is 1. The molecule has 2 unspecified atom stereocenters. The van der Waals surface area contributed by atoms with Gasteiger partial charge in [-0.2, -0.15) is 0 Å². The number of allylic oxidation sites excluding steroid dienone is 8. The van der Waals surface area contributed by atoms with Gasteiger partial charge in [-0.05, 0) is 57.8 Å². The molecule has 0 aromatic heterocycles. The van der Waals surface area contributed by atoms with Crippen LogP contribution in [0.4, 0.5) is 0 Å². The van der Waals surface area contributed by atoms with Crippen molar-refractivity contribution in [2.24, 2.45) is 0 Å². The molecule has 0 N–H and O–H groups in total. The van der Waals surface area contributed by atoms with E-state index in [0.29, 0.717) is 23.9 Å². The summed E-state index contributed by atoms with van der Waals surface area (Å²) in [5.41, 5.74) is 0. The second kappa shape index (κ2) is 40.4. The van der Waals surface area contributed by atoms with Crippen molar-refractivity contribution >= 4 is 19.8 Å². The Labute approximate surface area is 356 Å². The number of rotatable bonds is 42. The first-order valence-electron chi connectivity index (χ1n) is 23.3. The Bertz CT molecular complexity index is 1130. The molecule has 0 spiro atoms. The van der Waals surface area contributed by atoms with Crippen LogP contribution in [0.25, 0.3) is 0 Å². The number of ether oxygens (including phenoxy) is 2. The monoisotopic (exact) mass is 838 g/mol. The van der Waals surface area contributed by atoms with E-state index in [4.69, 9.17) is 18.5 Å². The van der Waals surface area contributed by atoms with Crippen LogP contribution in [-0.2, 0) is 32.7 Å². The maximum absolute atomic E-state index is 12.7. The standard InChI is InChI=1S/C48H88NO8P/c1-6-8-10-12-14-16-18-20-22-23-24-25-27-28-30-32-34-36-38-40-47(50)54-44-46(45-56-58(52,53)55-43-42-49(3,4)5)57-48(51)41-39-37-35-33-31-29-26-21-19-17-15-13-11-9-7-2/h14,16,20,22,24-25,28,30,46H,6-13,15,17-19,21,23,26-27,29,31-45H2,1-5H3/b16-14-,22-20-,25-24-,30-28-. The second-order valence-corrected chi connectivity index (χ2v) is 18.2. The lowest BCUT2D eigenvalue weighted by atomic mass is 10.0. The van der Waals surface area contributed by atoms with Gasteiger partial charge >= 0.3 is 11.9 Å². The molecule has 58 heavy (non-hydrogen) atoms. The van der Waals surface area contributed by atoms with E-state index in [2.05, 4.69) is 62.5 Å². The molecule has 338 valence electrons. The second-order valence-electron chi connectivity index (χ2n) is 16.8. The maximum Gasteiger partial charge on any atom is 0.306 e. The number of phosphoric ester groups is 1. The molecule has 0 saturated carbocycles. The highest BCUT2D eigenvalue weighted by molar-refractivity contribution is 7.45. The van der Waals surface area contributed by atoms with Crippen molar-refractivity contribution < 1.29 is 42.1 Å². The summed E-state index contributed by atoms with van der Waals surface area (Å²) in [7, 11) is 1.15. The van der Waals surface area contributed by atoms with Gasteiger partial charge in [-0.3, -0.25) is 14.2 Å². The van der Waals surface area contributed by atoms with Crippen molar-refractivity contribution in [2.75, 3.05) is 47.5 Å². The molecule has 9 nitrogen and oxygen atoms in total. The van der Waals surface area contributed by atoms with Gasteiger partial charge in [-0.15, -0.1) is 0 Å². The number of hydrogen-bond donors (Lipinski definition) is 0. The van der Waals surface area contributed by atoms with Crippen LogP contribution >= 0.6 is 7.82 Å². The fourth-order valence-electron chi connectivity index (χ4n) is 6.17. The van der Waals surface area contributed by atoms with E-state index in [0.717, 1.165) is 57.8 Å². The summed E-state index contributed by atoms with van der Waals surface area (Å²) in [5, 5.41) is 0. The molecule has 0 radical (unpaired) electrons. The molecular weight excluding hydrogens is 750 g/mol. The molecule has 0 aromatic carbocycles. The number of unbranched alkanes of at least 4 members (excludes halogenated alkanes) is 20. The van der Waals surface area contributed by atoms with Crippen LogP contribution in [0.2, 0.25) is 0 Å². The number of nitrogens with zero attached hydrogens (tertiary/aromatic N) is 1. The highest BCUT2D eigenvalue weighted by Gasteiger charge is 2.21. The van der Waals surface area contributed by atoms with Crippen LogP contribution in [0, 0.1) is 0 Å². The van der Waals surface area contributed by atoms with Gasteiger partial charge in [0, 0.05) is 12.8 Å². The van der Waals surface area contributed by atoms with Crippen LogP contribution in [0.5, 0.6) is 0 Å². The molecular formula is C48H88NO8P. The third kappa shape index (κ3) is 43.5. The molecule has 0 rings (SSSR count). The van der Waals surface area contributed by atoms with E-state index in [-0.39, 0.29) is 26.1 Å². The molecule has 0 saturated heterocycles. The first kappa shape index (κ1) is 56.0. The normalized spacial score (nSPS) is 14.0. The Morgan fingerprint density at radius 2 is 0.931 bits per heavy atom. The molecule has 0 fully saturated rings. The third-order valence-electron chi connectivity index (χ3n) is 9.85. The Kier molecular flexibility index (Phi) is 39.0. The summed E-state index contributed by atoms with van der Waals surface area (Å²) in [4.78, 5) is 37.6. The average Bonchev–Trinajstić information content (AvgIpc) is 3.17. The zero-order valence-corrected chi connectivity index (χ0v) is 38.9. The minimum atomic E-state index is -4.63. The van der Waals surface area contributed by atoms with Crippen LogP contribution in [0.15, 0.2) is 48.6 Å². The van der Waals surface area contributed by atoms with E-state index in [9.17, 15) is 19.0 Å². The molecule has 0 aliphatic heterocycles. The van der Waals surface area contributed by atoms with E-state index in [1.165, 1.54) is 96.3 Å². The zero-order valence-electron chi connectivity index (χ0n) is 38.0. The largest absolute Gasteiger partial charge is 0.756 e. The van der Waals surface area contributed by atoms with Gasteiger partial charge in [-0.25, -0.2) is 0 Å². The predicted octanol–water partition coefficient (Wildman–Crippen LogP) is 12.8. The van der Waals surface area contributed by atoms with Crippen molar-refractivity contribution in [3.05, 3.63) is 48.6 Å². The smallest absolute Gasteiger partial charge is 0.306 e. The minimum absolute atomic E-state index is 0.0364. The molecule has 0 amide bonds. The molecule has 2 atom stereocenters. The summed E-state index contributed by atoms with van der Waals surface area (Å²) in [6, 6.07) is 0. The van der Waals surface area contributed by atoms with E-state index < -0.39 is 32.5 Å². The lowest BCUT2D eigenvalue weighted by Gasteiger charge is -2.28.